The van der Waals surface area contributed by atoms with Gasteiger partial charge in [-0.15, -0.1) is 0 Å². The summed E-state index contributed by atoms with van der Waals surface area (Å²) in [5, 5.41) is 2.82. The number of hydrogen-bond donors (Lipinski definition) is 2. The molecule has 7 nitrogen and oxygen atoms in total. The first-order valence-corrected chi connectivity index (χ1v) is 11.5. The van der Waals surface area contributed by atoms with Gasteiger partial charge in [-0.2, -0.15) is 0 Å². The highest BCUT2D eigenvalue weighted by Crippen LogP contribution is 2.25. The molecule has 162 valence electrons. The average molecular weight is 432 g/mol. The molecule has 2 aromatic rings. The number of sulfonamides is 1. The van der Waals surface area contributed by atoms with Gasteiger partial charge in [0.2, 0.25) is 10.0 Å². The average Bonchev–Trinajstić information content (AvgIpc) is 2.74. The van der Waals surface area contributed by atoms with Crippen LogP contribution in [0, 0.1) is 5.92 Å². The van der Waals surface area contributed by atoms with Gasteiger partial charge in [-0.05, 0) is 68.2 Å². The molecule has 1 heterocycles. The Bertz CT molecular complexity index is 990. The van der Waals surface area contributed by atoms with E-state index in [2.05, 4.69) is 21.9 Å². The monoisotopic (exact) mass is 431 g/mol. The highest BCUT2D eigenvalue weighted by atomic mass is 32.2. The van der Waals surface area contributed by atoms with Crippen LogP contribution in [0.5, 0.6) is 5.75 Å². The summed E-state index contributed by atoms with van der Waals surface area (Å²) in [6.45, 7) is 5.44. The highest BCUT2D eigenvalue weighted by molar-refractivity contribution is 7.89. The summed E-state index contributed by atoms with van der Waals surface area (Å²) in [6, 6.07) is 12.1. The minimum Gasteiger partial charge on any atom is -0.495 e. The van der Waals surface area contributed by atoms with Crippen LogP contribution in [0.25, 0.3) is 0 Å². The van der Waals surface area contributed by atoms with Crippen molar-refractivity contribution < 1.29 is 17.9 Å². The number of hydrogen-bond acceptors (Lipinski definition) is 5. The predicted octanol–water partition coefficient (Wildman–Crippen LogP) is 3.09. The van der Waals surface area contributed by atoms with Crippen molar-refractivity contribution in [2.45, 2.75) is 31.2 Å². The third-order valence-corrected chi connectivity index (χ3v) is 6.78. The second-order valence-corrected chi connectivity index (χ2v) is 9.56. The zero-order valence-electron chi connectivity index (χ0n) is 17.6. The van der Waals surface area contributed by atoms with Crippen LogP contribution in [-0.2, 0) is 16.6 Å². The zero-order chi connectivity index (χ0) is 21.7. The van der Waals surface area contributed by atoms with E-state index < -0.39 is 10.0 Å². The number of methoxy groups -OCH3 is 1. The molecular weight excluding hydrogens is 402 g/mol. The fraction of sp³-hybridized carbons (Fsp3) is 0.409. The van der Waals surface area contributed by atoms with Gasteiger partial charge in [-0.3, -0.25) is 9.69 Å². The lowest BCUT2D eigenvalue weighted by Crippen LogP contribution is -2.33. The fourth-order valence-electron chi connectivity index (χ4n) is 3.72. The van der Waals surface area contributed by atoms with E-state index in [0.717, 1.165) is 25.6 Å². The maximum Gasteiger partial charge on any atom is 0.255 e. The molecule has 2 aromatic carbocycles. The lowest BCUT2D eigenvalue weighted by Gasteiger charge is -2.30. The summed E-state index contributed by atoms with van der Waals surface area (Å²) in [6.07, 6.45) is 2.53. The normalized spacial score (nSPS) is 17.5. The first-order chi connectivity index (χ1) is 14.3. The number of benzene rings is 2. The van der Waals surface area contributed by atoms with E-state index in [1.165, 1.54) is 50.8 Å². The van der Waals surface area contributed by atoms with Crippen molar-refractivity contribution in [3.05, 3.63) is 53.6 Å². The lowest BCUT2D eigenvalue weighted by molar-refractivity contribution is 0.102. The molecule has 3 rings (SSSR count). The molecule has 1 saturated heterocycles. The molecule has 0 radical (unpaired) electrons. The number of ether oxygens (including phenoxy) is 1. The van der Waals surface area contributed by atoms with Crippen LogP contribution in [0.1, 0.15) is 35.7 Å². The Kier molecular flexibility index (Phi) is 7.12. The minimum atomic E-state index is -3.75. The van der Waals surface area contributed by atoms with Crippen molar-refractivity contribution in [3.63, 3.8) is 0 Å². The van der Waals surface area contributed by atoms with Gasteiger partial charge in [-0.1, -0.05) is 19.1 Å². The molecule has 30 heavy (non-hydrogen) atoms. The Hall–Kier alpha value is -2.42. The van der Waals surface area contributed by atoms with Crippen molar-refractivity contribution in [3.8, 4) is 5.75 Å². The molecule has 1 fully saturated rings. The van der Waals surface area contributed by atoms with Crippen LogP contribution in [0.3, 0.4) is 0 Å². The molecule has 0 aliphatic carbocycles. The third-order valence-electron chi connectivity index (χ3n) is 5.34. The maximum atomic E-state index is 12.6. The van der Waals surface area contributed by atoms with Gasteiger partial charge in [-0.25, -0.2) is 13.1 Å². The molecule has 1 aliphatic heterocycles. The molecule has 1 aliphatic rings. The Labute approximate surface area is 178 Å². The zero-order valence-corrected chi connectivity index (χ0v) is 18.5. The number of likely N-dealkylation sites (tertiary alicyclic amines) is 1. The fourth-order valence-corrected chi connectivity index (χ4v) is 4.64. The summed E-state index contributed by atoms with van der Waals surface area (Å²) < 4.78 is 31.8. The van der Waals surface area contributed by atoms with Gasteiger partial charge in [0.15, 0.2) is 0 Å². The van der Waals surface area contributed by atoms with Crippen molar-refractivity contribution >= 4 is 21.6 Å². The summed E-state index contributed by atoms with van der Waals surface area (Å²) >= 11 is 0. The van der Waals surface area contributed by atoms with E-state index in [9.17, 15) is 13.2 Å². The number of rotatable bonds is 7. The molecule has 0 saturated carbocycles. The number of piperidine rings is 1. The molecule has 0 spiro atoms. The predicted molar refractivity (Wildman–Crippen MR) is 117 cm³/mol. The standard InChI is InChI=1S/C22H29N3O4S/c1-16-5-4-12-25(14-16)15-17-6-9-19(10-7-17)24-22(26)18-8-11-20(29-3)21(13-18)30(27,28)23-2/h6-11,13,16,23H,4-5,12,14-15H2,1-3H3,(H,24,26). The van der Waals surface area contributed by atoms with Crippen LogP contribution in [-0.4, -0.2) is 46.5 Å². The molecule has 1 unspecified atom stereocenters. The first-order valence-electron chi connectivity index (χ1n) is 10.1. The number of carbonyl (C=O) groups is 1. The number of nitrogens with zero attached hydrogens (tertiary/aromatic N) is 1. The van der Waals surface area contributed by atoms with E-state index in [1.54, 1.807) is 0 Å². The Balaban J connectivity index is 1.69. The maximum absolute atomic E-state index is 12.6. The van der Waals surface area contributed by atoms with Gasteiger partial charge < -0.3 is 10.1 Å². The van der Waals surface area contributed by atoms with E-state index in [-0.39, 0.29) is 22.1 Å². The minimum absolute atomic E-state index is 0.0775. The number of carbonyl (C=O) groups excluding carboxylic acids is 1. The summed E-state index contributed by atoms with van der Waals surface area (Å²) in [5.41, 5.74) is 2.09. The molecule has 0 aromatic heterocycles. The van der Waals surface area contributed by atoms with Gasteiger partial charge in [0, 0.05) is 24.3 Å². The quantitative estimate of drug-likeness (QED) is 0.703. The molecule has 1 amide bonds. The Morgan fingerprint density at radius 2 is 1.93 bits per heavy atom. The lowest BCUT2D eigenvalue weighted by atomic mass is 10.00. The van der Waals surface area contributed by atoms with Crippen molar-refractivity contribution in [2.24, 2.45) is 5.92 Å². The number of nitrogens with one attached hydrogen (secondary N) is 2. The summed E-state index contributed by atoms with van der Waals surface area (Å²) in [7, 11) is -1.06. The van der Waals surface area contributed by atoms with Crippen LogP contribution in [0.15, 0.2) is 47.4 Å². The summed E-state index contributed by atoms with van der Waals surface area (Å²) in [5.74, 6) is 0.526. The Morgan fingerprint density at radius 1 is 1.20 bits per heavy atom. The van der Waals surface area contributed by atoms with E-state index in [4.69, 9.17) is 4.74 Å². The van der Waals surface area contributed by atoms with Crippen LogP contribution in [0.4, 0.5) is 5.69 Å². The van der Waals surface area contributed by atoms with Gasteiger partial charge in [0.25, 0.3) is 5.91 Å². The van der Waals surface area contributed by atoms with Crippen molar-refractivity contribution in [2.75, 3.05) is 32.6 Å². The Morgan fingerprint density at radius 3 is 2.57 bits per heavy atom. The van der Waals surface area contributed by atoms with Gasteiger partial charge >= 0.3 is 0 Å². The van der Waals surface area contributed by atoms with Crippen LogP contribution >= 0.6 is 0 Å². The largest absolute Gasteiger partial charge is 0.495 e. The highest BCUT2D eigenvalue weighted by Gasteiger charge is 2.20. The van der Waals surface area contributed by atoms with Crippen molar-refractivity contribution in [1.29, 1.82) is 0 Å². The summed E-state index contributed by atoms with van der Waals surface area (Å²) in [4.78, 5) is 15.0. The van der Waals surface area contributed by atoms with Crippen LogP contribution < -0.4 is 14.8 Å². The number of anilines is 1. The van der Waals surface area contributed by atoms with Crippen molar-refractivity contribution in [1.82, 2.24) is 9.62 Å². The smallest absolute Gasteiger partial charge is 0.255 e. The molecule has 1 atom stereocenters. The SMILES string of the molecule is CNS(=O)(=O)c1cc(C(=O)Nc2ccc(CN3CCCC(C)C3)cc2)ccc1OC. The molecule has 2 N–H and O–H groups in total. The number of amides is 1. The first kappa shape index (κ1) is 22.3. The topological polar surface area (TPSA) is 87.7 Å². The van der Waals surface area contributed by atoms with E-state index >= 15 is 0 Å². The second-order valence-electron chi connectivity index (χ2n) is 7.71. The third kappa shape index (κ3) is 5.38. The van der Waals surface area contributed by atoms with Gasteiger partial charge in [0.1, 0.15) is 10.6 Å². The molecule has 8 heteroatoms. The van der Waals surface area contributed by atoms with Gasteiger partial charge in [0.05, 0.1) is 7.11 Å². The van der Waals surface area contributed by atoms with E-state index in [1.807, 2.05) is 24.3 Å². The van der Waals surface area contributed by atoms with Crippen LogP contribution in [0.2, 0.25) is 0 Å². The second kappa shape index (κ2) is 9.59. The van der Waals surface area contributed by atoms with E-state index in [0.29, 0.717) is 5.69 Å². The molecular formula is C22H29N3O4S. The molecule has 0 bridgehead atoms.